The zero-order valence-corrected chi connectivity index (χ0v) is 16.3. The molecule has 138 valence electrons. The predicted molar refractivity (Wildman–Crippen MR) is 106 cm³/mol. The number of amides is 2. The normalized spacial score (nSPS) is 12.9. The molecule has 0 fully saturated rings. The van der Waals surface area contributed by atoms with E-state index in [4.69, 9.17) is 0 Å². The number of carbonyl (C=O) groups excluding carboxylic acids is 2. The molecule has 2 amide bonds. The topological polar surface area (TPSA) is 75.3 Å². The van der Waals surface area contributed by atoms with Gasteiger partial charge in [-0.2, -0.15) is 0 Å². The molecule has 2 atom stereocenters. The molecule has 0 aliphatic rings. The smallest absolute Gasteiger partial charge is 0.313 e. The van der Waals surface area contributed by atoms with Crippen molar-refractivity contribution in [3.63, 3.8) is 0 Å². The van der Waals surface area contributed by atoms with Crippen LogP contribution in [0.5, 0.6) is 0 Å². The second-order valence-corrected chi connectivity index (χ2v) is 7.88. The number of carbonyl (C=O) groups is 2. The molecule has 2 aromatic carbocycles. The van der Waals surface area contributed by atoms with E-state index in [-0.39, 0.29) is 5.75 Å². The van der Waals surface area contributed by atoms with E-state index in [2.05, 4.69) is 10.6 Å². The van der Waals surface area contributed by atoms with Gasteiger partial charge in [0.15, 0.2) is 0 Å². The fourth-order valence-corrected chi connectivity index (χ4v) is 3.66. The molecular weight excluding hydrogens is 348 g/mol. The van der Waals surface area contributed by atoms with Crippen LogP contribution in [0.3, 0.4) is 0 Å². The third-order valence-electron chi connectivity index (χ3n) is 4.03. The third kappa shape index (κ3) is 5.26. The van der Waals surface area contributed by atoms with E-state index in [1.54, 1.807) is 6.26 Å². The molecule has 0 saturated carbocycles. The van der Waals surface area contributed by atoms with E-state index in [0.717, 1.165) is 22.3 Å². The molecule has 0 aliphatic carbocycles. The lowest BCUT2D eigenvalue weighted by molar-refractivity contribution is -0.136. The number of anilines is 1. The van der Waals surface area contributed by atoms with Gasteiger partial charge in [-0.05, 0) is 37.5 Å². The Morgan fingerprint density at radius 1 is 1.00 bits per heavy atom. The van der Waals surface area contributed by atoms with Gasteiger partial charge >= 0.3 is 11.8 Å². The zero-order chi connectivity index (χ0) is 19.3. The summed E-state index contributed by atoms with van der Waals surface area (Å²) in [7, 11) is -1.12. The average Bonchev–Trinajstić information content (AvgIpc) is 2.57. The van der Waals surface area contributed by atoms with Gasteiger partial charge in [-0.15, -0.1) is 0 Å². The lowest BCUT2D eigenvalue weighted by atomic mass is 10.1. The van der Waals surface area contributed by atoms with Gasteiger partial charge in [0.1, 0.15) is 0 Å². The highest BCUT2D eigenvalue weighted by Gasteiger charge is 2.22. The highest BCUT2D eigenvalue weighted by atomic mass is 32.2. The molecule has 0 radical (unpaired) electrons. The molecule has 5 nitrogen and oxygen atoms in total. The number of nitrogens with one attached hydrogen (secondary N) is 2. The Balaban J connectivity index is 2.14. The highest BCUT2D eigenvalue weighted by Crippen LogP contribution is 2.22. The number of hydrogen-bond donors (Lipinski definition) is 2. The van der Waals surface area contributed by atoms with Crippen molar-refractivity contribution in [1.82, 2.24) is 5.32 Å². The van der Waals surface area contributed by atoms with Crippen LogP contribution in [0.2, 0.25) is 0 Å². The lowest BCUT2D eigenvalue weighted by Gasteiger charge is -2.18. The highest BCUT2D eigenvalue weighted by molar-refractivity contribution is 7.84. The number of hydrogen-bond acceptors (Lipinski definition) is 3. The van der Waals surface area contributed by atoms with Crippen LogP contribution in [0.4, 0.5) is 5.69 Å². The number of aryl methyl sites for hydroxylation is 3. The van der Waals surface area contributed by atoms with Gasteiger partial charge in [-0.1, -0.05) is 48.0 Å². The van der Waals surface area contributed by atoms with E-state index >= 15 is 0 Å². The van der Waals surface area contributed by atoms with Crippen LogP contribution >= 0.6 is 0 Å². The SMILES string of the molecule is Cc1cc(C)c(NC(=O)C(=O)N[C@@H](C[S@](C)=O)c2ccccc2)c(C)c1. The molecule has 0 heterocycles. The third-order valence-corrected chi connectivity index (χ3v) is 4.83. The second kappa shape index (κ2) is 8.76. The maximum Gasteiger partial charge on any atom is 0.313 e. The van der Waals surface area contributed by atoms with Crippen molar-refractivity contribution < 1.29 is 13.8 Å². The van der Waals surface area contributed by atoms with Gasteiger partial charge in [-0.3, -0.25) is 13.8 Å². The molecule has 0 aromatic heterocycles. The number of rotatable bonds is 5. The summed E-state index contributed by atoms with van der Waals surface area (Å²) in [5.41, 5.74) is 4.35. The maximum absolute atomic E-state index is 12.4. The van der Waals surface area contributed by atoms with E-state index < -0.39 is 28.7 Å². The Hall–Kier alpha value is -2.47. The second-order valence-electron chi connectivity index (χ2n) is 6.40. The maximum atomic E-state index is 12.4. The Kier molecular flexibility index (Phi) is 6.69. The molecular formula is C20H24N2O3S. The van der Waals surface area contributed by atoms with Gasteiger partial charge in [0, 0.05) is 28.5 Å². The largest absolute Gasteiger partial charge is 0.340 e. The predicted octanol–water partition coefficient (Wildman–Crippen LogP) is 2.79. The zero-order valence-electron chi connectivity index (χ0n) is 15.5. The van der Waals surface area contributed by atoms with E-state index in [9.17, 15) is 13.8 Å². The standard InChI is InChI=1S/C20H24N2O3S/c1-13-10-14(2)18(15(3)11-13)22-20(24)19(23)21-17(12-26(4)25)16-8-6-5-7-9-16/h5-11,17H,12H2,1-4H3,(H,21,23)(H,22,24)/t17-,26-/m0/s1. The van der Waals surface area contributed by atoms with E-state index in [1.165, 1.54) is 0 Å². The van der Waals surface area contributed by atoms with Crippen LogP contribution in [0.1, 0.15) is 28.3 Å². The van der Waals surface area contributed by atoms with Gasteiger partial charge in [0.05, 0.1) is 6.04 Å². The quantitative estimate of drug-likeness (QED) is 0.793. The fourth-order valence-electron chi connectivity index (χ4n) is 2.91. The molecule has 2 rings (SSSR count). The summed E-state index contributed by atoms with van der Waals surface area (Å²) >= 11 is 0. The Labute approximate surface area is 156 Å². The molecule has 0 aliphatic heterocycles. The Morgan fingerprint density at radius 3 is 2.12 bits per heavy atom. The summed E-state index contributed by atoms with van der Waals surface area (Å²) in [6, 6.07) is 12.6. The van der Waals surface area contributed by atoms with Crippen molar-refractivity contribution in [3.8, 4) is 0 Å². The minimum Gasteiger partial charge on any atom is -0.340 e. The Morgan fingerprint density at radius 2 is 1.58 bits per heavy atom. The summed E-state index contributed by atoms with van der Waals surface area (Å²) in [6.07, 6.45) is 1.57. The molecule has 26 heavy (non-hydrogen) atoms. The van der Waals surface area contributed by atoms with Crippen molar-refractivity contribution in [1.29, 1.82) is 0 Å². The lowest BCUT2D eigenvalue weighted by Crippen LogP contribution is -2.39. The number of benzene rings is 2. The first-order valence-corrected chi connectivity index (χ1v) is 10.1. The molecule has 0 spiro atoms. The summed E-state index contributed by atoms with van der Waals surface area (Å²) in [5, 5.41) is 5.38. The summed E-state index contributed by atoms with van der Waals surface area (Å²) in [5.74, 6) is -1.24. The van der Waals surface area contributed by atoms with Crippen molar-refractivity contribution in [2.75, 3.05) is 17.3 Å². The summed E-state index contributed by atoms with van der Waals surface area (Å²) < 4.78 is 11.7. The minimum atomic E-state index is -1.12. The van der Waals surface area contributed by atoms with Crippen molar-refractivity contribution in [2.24, 2.45) is 0 Å². The fraction of sp³-hybridized carbons (Fsp3) is 0.300. The summed E-state index contributed by atoms with van der Waals surface area (Å²) in [4.78, 5) is 24.7. The Bertz CT molecular complexity index is 811. The van der Waals surface area contributed by atoms with Crippen LogP contribution in [0.15, 0.2) is 42.5 Å². The van der Waals surface area contributed by atoms with Crippen LogP contribution in [-0.2, 0) is 20.4 Å². The van der Waals surface area contributed by atoms with Crippen LogP contribution < -0.4 is 10.6 Å². The van der Waals surface area contributed by atoms with Crippen molar-refractivity contribution in [3.05, 3.63) is 64.7 Å². The van der Waals surface area contributed by atoms with Gasteiger partial charge in [0.25, 0.3) is 0 Å². The molecule has 6 heteroatoms. The van der Waals surface area contributed by atoms with Gasteiger partial charge in [0.2, 0.25) is 0 Å². The monoisotopic (exact) mass is 372 g/mol. The molecule has 0 saturated heterocycles. The van der Waals surface area contributed by atoms with Crippen molar-refractivity contribution in [2.45, 2.75) is 26.8 Å². The van der Waals surface area contributed by atoms with Gasteiger partial charge < -0.3 is 10.6 Å². The molecule has 0 bridgehead atoms. The molecule has 2 N–H and O–H groups in total. The van der Waals surface area contributed by atoms with Crippen LogP contribution in [-0.4, -0.2) is 28.0 Å². The van der Waals surface area contributed by atoms with E-state index in [1.807, 2.05) is 63.2 Å². The molecule has 0 unspecified atom stereocenters. The van der Waals surface area contributed by atoms with E-state index in [0.29, 0.717) is 5.69 Å². The minimum absolute atomic E-state index is 0.242. The first kappa shape index (κ1) is 19.8. The first-order valence-electron chi connectivity index (χ1n) is 8.32. The molecule has 2 aromatic rings. The summed E-state index contributed by atoms with van der Waals surface area (Å²) in [6.45, 7) is 5.76. The van der Waals surface area contributed by atoms with Crippen LogP contribution in [0.25, 0.3) is 0 Å². The van der Waals surface area contributed by atoms with Crippen LogP contribution in [0, 0.1) is 20.8 Å². The first-order chi connectivity index (χ1) is 12.3. The van der Waals surface area contributed by atoms with Gasteiger partial charge in [-0.25, -0.2) is 0 Å². The average molecular weight is 372 g/mol. The van der Waals surface area contributed by atoms with Crippen molar-refractivity contribution >= 4 is 28.3 Å².